The molecule has 0 bridgehead atoms. The standard InChI is InChI=1S/C18H25N5O2S/c1-15-6-8-16(9-7-15)14-23(3)18(19-2)21-11-12-22-26(24,25)17-5-4-10-20-13-17/h4-10,13,22H,11-12,14H2,1-3H3,(H,19,21). The minimum absolute atomic E-state index is 0.154. The minimum atomic E-state index is -3.54. The van der Waals surface area contributed by atoms with E-state index in [0.29, 0.717) is 19.0 Å². The van der Waals surface area contributed by atoms with Crippen LogP contribution in [0.15, 0.2) is 58.7 Å². The van der Waals surface area contributed by atoms with E-state index in [0.717, 1.165) is 0 Å². The number of hydrogen-bond donors (Lipinski definition) is 2. The number of aliphatic imine (C=N–C) groups is 1. The molecule has 26 heavy (non-hydrogen) atoms. The highest BCUT2D eigenvalue weighted by atomic mass is 32.2. The van der Waals surface area contributed by atoms with Crippen molar-refractivity contribution in [2.75, 3.05) is 27.2 Å². The van der Waals surface area contributed by atoms with E-state index < -0.39 is 10.0 Å². The van der Waals surface area contributed by atoms with Gasteiger partial charge in [0.2, 0.25) is 10.0 Å². The van der Waals surface area contributed by atoms with E-state index in [4.69, 9.17) is 0 Å². The number of guanidine groups is 1. The van der Waals surface area contributed by atoms with Crippen molar-refractivity contribution in [1.29, 1.82) is 0 Å². The first kappa shape index (κ1) is 19.9. The van der Waals surface area contributed by atoms with Crippen molar-refractivity contribution < 1.29 is 8.42 Å². The average Bonchev–Trinajstić information content (AvgIpc) is 2.64. The van der Waals surface area contributed by atoms with Gasteiger partial charge < -0.3 is 10.2 Å². The lowest BCUT2D eigenvalue weighted by molar-refractivity contribution is 0.477. The maximum absolute atomic E-state index is 12.1. The number of nitrogens with zero attached hydrogens (tertiary/aromatic N) is 3. The van der Waals surface area contributed by atoms with E-state index in [1.165, 1.54) is 29.6 Å². The van der Waals surface area contributed by atoms with E-state index in [-0.39, 0.29) is 11.4 Å². The van der Waals surface area contributed by atoms with Crippen molar-refractivity contribution in [3.8, 4) is 0 Å². The summed E-state index contributed by atoms with van der Waals surface area (Å²) in [7, 11) is 0.0978. The molecule has 0 aliphatic heterocycles. The van der Waals surface area contributed by atoms with Crippen molar-refractivity contribution in [1.82, 2.24) is 19.9 Å². The Morgan fingerprint density at radius 2 is 1.92 bits per heavy atom. The van der Waals surface area contributed by atoms with Gasteiger partial charge in [-0.25, -0.2) is 13.1 Å². The second kappa shape index (κ2) is 9.30. The smallest absolute Gasteiger partial charge is 0.242 e. The van der Waals surface area contributed by atoms with E-state index in [1.807, 2.05) is 11.9 Å². The summed E-state index contributed by atoms with van der Waals surface area (Å²) in [6, 6.07) is 11.4. The van der Waals surface area contributed by atoms with Crippen LogP contribution < -0.4 is 10.0 Å². The molecule has 0 atom stereocenters. The van der Waals surface area contributed by atoms with Crippen LogP contribution in [0.2, 0.25) is 0 Å². The number of rotatable bonds is 7. The highest BCUT2D eigenvalue weighted by Crippen LogP contribution is 2.06. The maximum atomic E-state index is 12.1. The summed E-state index contributed by atoms with van der Waals surface area (Å²) in [4.78, 5) is 10.2. The summed E-state index contributed by atoms with van der Waals surface area (Å²) in [6.07, 6.45) is 2.86. The van der Waals surface area contributed by atoms with Crippen LogP contribution in [0, 0.1) is 6.92 Å². The van der Waals surface area contributed by atoms with E-state index in [2.05, 4.69) is 51.2 Å². The maximum Gasteiger partial charge on any atom is 0.242 e. The second-order valence-electron chi connectivity index (χ2n) is 5.90. The number of aromatic nitrogens is 1. The van der Waals surface area contributed by atoms with Crippen molar-refractivity contribution in [2.24, 2.45) is 4.99 Å². The lowest BCUT2D eigenvalue weighted by Crippen LogP contribution is -2.42. The molecule has 1 aromatic carbocycles. The summed E-state index contributed by atoms with van der Waals surface area (Å²) >= 11 is 0. The van der Waals surface area contributed by atoms with Crippen molar-refractivity contribution in [2.45, 2.75) is 18.4 Å². The number of hydrogen-bond acceptors (Lipinski definition) is 4. The summed E-state index contributed by atoms with van der Waals surface area (Å²) in [5.41, 5.74) is 2.40. The molecule has 0 saturated heterocycles. The predicted octanol–water partition coefficient (Wildman–Crippen LogP) is 1.38. The molecule has 2 rings (SSSR count). The largest absolute Gasteiger partial charge is 0.355 e. The third-order valence-corrected chi connectivity index (χ3v) is 5.20. The third kappa shape index (κ3) is 5.82. The highest BCUT2D eigenvalue weighted by Gasteiger charge is 2.13. The molecule has 2 N–H and O–H groups in total. The third-order valence-electron chi connectivity index (χ3n) is 3.76. The van der Waals surface area contributed by atoms with Gasteiger partial charge in [0.15, 0.2) is 5.96 Å². The topological polar surface area (TPSA) is 86.7 Å². The molecule has 0 aliphatic rings. The predicted molar refractivity (Wildman–Crippen MR) is 103 cm³/mol. The molecule has 0 saturated carbocycles. The number of benzene rings is 1. The van der Waals surface area contributed by atoms with Gasteiger partial charge in [0.25, 0.3) is 0 Å². The van der Waals surface area contributed by atoms with Gasteiger partial charge in [-0.15, -0.1) is 0 Å². The molecular formula is C18H25N5O2S. The fourth-order valence-electron chi connectivity index (χ4n) is 2.38. The normalized spacial score (nSPS) is 12.0. The lowest BCUT2D eigenvalue weighted by Gasteiger charge is -2.22. The zero-order chi connectivity index (χ0) is 19.0. The second-order valence-corrected chi connectivity index (χ2v) is 7.67. The Hall–Kier alpha value is -2.45. The van der Waals surface area contributed by atoms with Gasteiger partial charge in [0.05, 0.1) is 0 Å². The minimum Gasteiger partial charge on any atom is -0.355 e. The Balaban J connectivity index is 1.82. The first-order valence-corrected chi connectivity index (χ1v) is 9.78. The van der Waals surface area contributed by atoms with Gasteiger partial charge >= 0.3 is 0 Å². The molecule has 1 aromatic heterocycles. The monoisotopic (exact) mass is 375 g/mol. The van der Waals surface area contributed by atoms with Crippen LogP contribution in [-0.2, 0) is 16.6 Å². The summed E-state index contributed by atoms with van der Waals surface area (Å²) in [5.74, 6) is 0.700. The molecule has 1 heterocycles. The Labute approximate surface area is 155 Å². The van der Waals surface area contributed by atoms with E-state index in [9.17, 15) is 8.42 Å². The Morgan fingerprint density at radius 3 is 2.54 bits per heavy atom. The van der Waals surface area contributed by atoms with Gasteiger partial charge in [-0.3, -0.25) is 9.98 Å². The zero-order valence-corrected chi connectivity index (χ0v) is 16.1. The van der Waals surface area contributed by atoms with Crippen LogP contribution in [0.1, 0.15) is 11.1 Å². The SMILES string of the molecule is CN=C(NCCNS(=O)(=O)c1cccnc1)N(C)Cc1ccc(C)cc1. The van der Waals surface area contributed by atoms with Crippen LogP contribution >= 0.6 is 0 Å². The van der Waals surface area contributed by atoms with Crippen LogP contribution in [0.4, 0.5) is 0 Å². The number of nitrogens with one attached hydrogen (secondary N) is 2. The molecule has 0 spiro atoms. The molecule has 0 aliphatic carbocycles. The van der Waals surface area contributed by atoms with Crippen LogP contribution in [0.5, 0.6) is 0 Å². The fourth-order valence-corrected chi connectivity index (χ4v) is 3.37. The number of pyridine rings is 1. The summed E-state index contributed by atoms with van der Waals surface area (Å²) in [6.45, 7) is 3.43. The Kier molecular flexibility index (Phi) is 7.11. The molecule has 0 unspecified atom stereocenters. The van der Waals surface area contributed by atoms with E-state index >= 15 is 0 Å². The Bertz CT molecular complexity index is 820. The first-order valence-electron chi connectivity index (χ1n) is 8.29. The van der Waals surface area contributed by atoms with Crippen LogP contribution in [0.25, 0.3) is 0 Å². The van der Waals surface area contributed by atoms with Gasteiger partial charge in [-0.05, 0) is 24.6 Å². The molecule has 7 nitrogen and oxygen atoms in total. The average molecular weight is 375 g/mol. The quantitative estimate of drug-likeness (QED) is 0.434. The van der Waals surface area contributed by atoms with Crippen molar-refractivity contribution in [3.63, 3.8) is 0 Å². The Morgan fingerprint density at radius 1 is 1.19 bits per heavy atom. The molecular weight excluding hydrogens is 350 g/mol. The number of sulfonamides is 1. The number of aryl methyl sites for hydroxylation is 1. The highest BCUT2D eigenvalue weighted by molar-refractivity contribution is 7.89. The molecule has 0 amide bonds. The molecule has 0 fully saturated rings. The molecule has 0 radical (unpaired) electrons. The van der Waals surface area contributed by atoms with Gasteiger partial charge in [-0.2, -0.15) is 0 Å². The van der Waals surface area contributed by atoms with Crippen LogP contribution in [-0.4, -0.2) is 51.4 Å². The first-order chi connectivity index (χ1) is 12.4. The zero-order valence-electron chi connectivity index (χ0n) is 15.3. The van der Waals surface area contributed by atoms with Gasteiger partial charge in [-0.1, -0.05) is 29.8 Å². The van der Waals surface area contributed by atoms with Gasteiger partial charge in [0, 0.05) is 46.1 Å². The lowest BCUT2D eigenvalue weighted by atomic mass is 10.1. The summed E-state index contributed by atoms with van der Waals surface area (Å²) < 4.78 is 26.8. The molecule has 140 valence electrons. The van der Waals surface area contributed by atoms with E-state index in [1.54, 1.807) is 13.1 Å². The fraction of sp³-hybridized carbons (Fsp3) is 0.333. The molecule has 8 heteroatoms. The summed E-state index contributed by atoms with van der Waals surface area (Å²) in [5, 5.41) is 3.16. The molecule has 2 aromatic rings. The van der Waals surface area contributed by atoms with Gasteiger partial charge in [0.1, 0.15) is 4.90 Å². The van der Waals surface area contributed by atoms with Crippen LogP contribution in [0.3, 0.4) is 0 Å². The van der Waals surface area contributed by atoms with Crippen molar-refractivity contribution >= 4 is 16.0 Å². The van der Waals surface area contributed by atoms with Crippen molar-refractivity contribution in [3.05, 3.63) is 59.9 Å².